The third kappa shape index (κ3) is 3.05. The van der Waals surface area contributed by atoms with Crippen molar-refractivity contribution in [3.63, 3.8) is 0 Å². The highest BCUT2D eigenvalue weighted by Crippen LogP contribution is 2.29. The van der Waals surface area contributed by atoms with E-state index in [1.54, 1.807) is 18.0 Å². The van der Waals surface area contributed by atoms with Crippen LogP contribution in [0, 0.1) is 0 Å². The van der Waals surface area contributed by atoms with Gasteiger partial charge in [0.2, 0.25) is 0 Å². The molecule has 2 aromatic rings. The normalized spacial score (nSPS) is 12.6. The van der Waals surface area contributed by atoms with E-state index in [4.69, 9.17) is 17.4 Å². The summed E-state index contributed by atoms with van der Waals surface area (Å²) in [6.45, 7) is 0. The lowest BCUT2D eigenvalue weighted by Crippen LogP contribution is -2.31. The van der Waals surface area contributed by atoms with Crippen molar-refractivity contribution in [2.45, 2.75) is 10.9 Å². The third-order valence-corrected chi connectivity index (χ3v) is 4.27. The molecule has 0 saturated heterocycles. The van der Waals surface area contributed by atoms with Crippen molar-refractivity contribution in [1.29, 1.82) is 0 Å². The van der Waals surface area contributed by atoms with Gasteiger partial charge < -0.3 is 0 Å². The lowest BCUT2D eigenvalue weighted by Gasteiger charge is -2.16. The number of hydrogen-bond donors (Lipinski definition) is 2. The average Bonchev–Trinajstić information content (AvgIpc) is 2.79. The van der Waals surface area contributed by atoms with Gasteiger partial charge in [0, 0.05) is 23.9 Å². The fourth-order valence-corrected chi connectivity index (χ4v) is 2.97. The number of hydrogen-bond acceptors (Lipinski definition) is 4. The fraction of sp³-hybridized carbons (Fsp3) is 0.250. The van der Waals surface area contributed by atoms with Gasteiger partial charge in [-0.05, 0) is 18.2 Å². The quantitative estimate of drug-likeness (QED) is 0.502. The SMILES string of the molecule is Cn1nccc1C(CSc1ccccc1Cl)NN. The monoisotopic (exact) mass is 282 g/mol. The number of rotatable bonds is 5. The number of halogens is 1. The van der Waals surface area contributed by atoms with Crippen molar-refractivity contribution in [1.82, 2.24) is 15.2 Å². The van der Waals surface area contributed by atoms with E-state index in [0.717, 1.165) is 21.4 Å². The Morgan fingerprint density at radius 3 is 2.83 bits per heavy atom. The van der Waals surface area contributed by atoms with Crippen molar-refractivity contribution in [2.75, 3.05) is 5.75 Å². The number of aryl methyl sites for hydroxylation is 1. The van der Waals surface area contributed by atoms with Crippen LogP contribution >= 0.6 is 23.4 Å². The molecule has 1 atom stereocenters. The van der Waals surface area contributed by atoms with Crippen molar-refractivity contribution in [3.8, 4) is 0 Å². The summed E-state index contributed by atoms with van der Waals surface area (Å²) in [6, 6.07) is 9.79. The molecule has 0 amide bonds. The number of nitrogens with one attached hydrogen (secondary N) is 1. The molecule has 0 aliphatic rings. The first-order valence-electron chi connectivity index (χ1n) is 5.53. The first-order valence-corrected chi connectivity index (χ1v) is 6.90. The van der Waals surface area contributed by atoms with Gasteiger partial charge in [-0.1, -0.05) is 23.7 Å². The fourth-order valence-electron chi connectivity index (χ4n) is 1.68. The molecule has 1 aromatic heterocycles. The summed E-state index contributed by atoms with van der Waals surface area (Å²) in [6.07, 6.45) is 1.76. The molecule has 0 fully saturated rings. The second kappa shape index (κ2) is 6.24. The van der Waals surface area contributed by atoms with Gasteiger partial charge in [0.05, 0.1) is 16.8 Å². The van der Waals surface area contributed by atoms with Gasteiger partial charge in [-0.3, -0.25) is 16.0 Å². The average molecular weight is 283 g/mol. The number of benzene rings is 1. The van der Waals surface area contributed by atoms with Gasteiger partial charge in [-0.25, -0.2) is 0 Å². The van der Waals surface area contributed by atoms with Crippen molar-refractivity contribution in [3.05, 3.63) is 47.2 Å². The molecule has 1 unspecified atom stereocenters. The summed E-state index contributed by atoms with van der Waals surface area (Å²) >= 11 is 7.79. The maximum absolute atomic E-state index is 6.12. The first-order chi connectivity index (χ1) is 8.72. The minimum Gasteiger partial charge on any atom is -0.271 e. The number of nitrogens with two attached hydrogens (primary N) is 1. The van der Waals surface area contributed by atoms with E-state index in [9.17, 15) is 0 Å². The van der Waals surface area contributed by atoms with Gasteiger partial charge in [-0.15, -0.1) is 11.8 Å². The van der Waals surface area contributed by atoms with E-state index in [1.165, 1.54) is 0 Å². The van der Waals surface area contributed by atoms with E-state index < -0.39 is 0 Å². The van der Waals surface area contributed by atoms with Crippen molar-refractivity contribution < 1.29 is 0 Å². The molecule has 96 valence electrons. The maximum atomic E-state index is 6.12. The van der Waals surface area contributed by atoms with Crippen LogP contribution in [0.2, 0.25) is 5.02 Å². The predicted octanol–water partition coefficient (Wildman–Crippen LogP) is 2.37. The third-order valence-electron chi connectivity index (χ3n) is 2.66. The van der Waals surface area contributed by atoms with E-state index in [0.29, 0.717) is 0 Å². The minimum absolute atomic E-state index is 0.0405. The molecular weight excluding hydrogens is 268 g/mol. The van der Waals surface area contributed by atoms with Gasteiger partial charge in [0.15, 0.2) is 0 Å². The van der Waals surface area contributed by atoms with Crippen LogP contribution in [0.5, 0.6) is 0 Å². The van der Waals surface area contributed by atoms with Gasteiger partial charge in [0.25, 0.3) is 0 Å². The number of hydrazine groups is 1. The Hall–Kier alpha value is -1.01. The van der Waals surface area contributed by atoms with Crippen LogP contribution in [0.25, 0.3) is 0 Å². The highest BCUT2D eigenvalue weighted by Gasteiger charge is 2.14. The summed E-state index contributed by atoms with van der Waals surface area (Å²) < 4.78 is 1.82. The molecule has 6 heteroatoms. The second-order valence-electron chi connectivity index (χ2n) is 3.84. The number of nitrogens with zero attached hydrogens (tertiary/aromatic N) is 2. The lowest BCUT2D eigenvalue weighted by atomic mass is 10.2. The molecule has 0 saturated carbocycles. The van der Waals surface area contributed by atoms with Crippen LogP contribution in [0.1, 0.15) is 11.7 Å². The predicted molar refractivity (Wildman–Crippen MR) is 75.4 cm³/mol. The van der Waals surface area contributed by atoms with Crippen LogP contribution in [0.4, 0.5) is 0 Å². The Kier molecular flexibility index (Phi) is 4.66. The van der Waals surface area contributed by atoms with Gasteiger partial charge >= 0.3 is 0 Å². The highest BCUT2D eigenvalue weighted by atomic mass is 35.5. The molecule has 3 N–H and O–H groups in total. The molecule has 1 heterocycles. The largest absolute Gasteiger partial charge is 0.271 e. The number of aromatic nitrogens is 2. The van der Waals surface area contributed by atoms with Crippen molar-refractivity contribution in [2.24, 2.45) is 12.9 Å². The zero-order valence-corrected chi connectivity index (χ0v) is 11.6. The second-order valence-corrected chi connectivity index (χ2v) is 5.31. The van der Waals surface area contributed by atoms with E-state index in [1.807, 2.05) is 42.1 Å². The first kappa shape index (κ1) is 13.4. The van der Waals surface area contributed by atoms with Crippen LogP contribution in [-0.2, 0) is 7.05 Å². The summed E-state index contributed by atoms with van der Waals surface area (Å²) in [7, 11) is 1.90. The van der Waals surface area contributed by atoms with Crippen LogP contribution in [-0.4, -0.2) is 15.5 Å². The maximum Gasteiger partial charge on any atom is 0.0722 e. The molecule has 18 heavy (non-hydrogen) atoms. The van der Waals surface area contributed by atoms with E-state index >= 15 is 0 Å². The van der Waals surface area contributed by atoms with E-state index in [2.05, 4.69) is 10.5 Å². The molecule has 1 aromatic carbocycles. The standard InChI is InChI=1S/C12H15ClN4S/c1-17-11(6-7-15-17)10(16-14)8-18-12-5-3-2-4-9(12)13/h2-7,10,16H,8,14H2,1H3. The zero-order valence-electron chi connectivity index (χ0n) is 10.0. The summed E-state index contributed by atoms with van der Waals surface area (Å²) in [5.74, 6) is 6.39. The number of thioether (sulfide) groups is 1. The Balaban J connectivity index is 2.05. The summed E-state index contributed by atoms with van der Waals surface area (Å²) in [4.78, 5) is 1.06. The van der Waals surface area contributed by atoms with Crippen LogP contribution < -0.4 is 11.3 Å². The Bertz CT molecular complexity index is 514. The zero-order chi connectivity index (χ0) is 13.0. The lowest BCUT2D eigenvalue weighted by molar-refractivity contribution is 0.554. The molecule has 0 spiro atoms. The smallest absolute Gasteiger partial charge is 0.0722 e. The molecule has 0 radical (unpaired) electrons. The molecular formula is C12H15ClN4S. The van der Waals surface area contributed by atoms with Crippen LogP contribution in [0.15, 0.2) is 41.4 Å². The minimum atomic E-state index is 0.0405. The summed E-state index contributed by atoms with van der Waals surface area (Å²) in [5, 5.41) is 4.91. The highest BCUT2D eigenvalue weighted by molar-refractivity contribution is 7.99. The van der Waals surface area contributed by atoms with Crippen molar-refractivity contribution >= 4 is 23.4 Å². The van der Waals surface area contributed by atoms with E-state index in [-0.39, 0.29) is 6.04 Å². The molecule has 2 rings (SSSR count). The summed E-state index contributed by atoms with van der Waals surface area (Å²) in [5.41, 5.74) is 3.86. The van der Waals surface area contributed by atoms with Gasteiger partial charge in [0.1, 0.15) is 0 Å². The molecule has 0 aliphatic carbocycles. The molecule has 4 nitrogen and oxygen atoms in total. The van der Waals surface area contributed by atoms with Crippen LogP contribution in [0.3, 0.4) is 0 Å². The Labute approximate surface area is 115 Å². The molecule has 0 bridgehead atoms. The topological polar surface area (TPSA) is 55.9 Å². The molecule has 0 aliphatic heterocycles. The Morgan fingerprint density at radius 2 is 2.22 bits per heavy atom. The Morgan fingerprint density at radius 1 is 1.44 bits per heavy atom. The van der Waals surface area contributed by atoms with Gasteiger partial charge in [-0.2, -0.15) is 5.10 Å².